The fourth-order valence-corrected chi connectivity index (χ4v) is 4.71. The molecule has 2 unspecified atom stereocenters. The summed E-state index contributed by atoms with van der Waals surface area (Å²) in [4.78, 5) is 0. The van der Waals surface area contributed by atoms with Crippen LogP contribution in [0.5, 0.6) is 0 Å². The van der Waals surface area contributed by atoms with Gasteiger partial charge in [0.25, 0.3) is 0 Å². The highest BCUT2D eigenvalue weighted by Crippen LogP contribution is 2.11. The standard InChI is InChI=1S/C10H27NSi2/c1-5-9(3)11(10(4)6-2)13-8-7-12/h9-10H,5-8,13H2,1-4,12H3. The van der Waals surface area contributed by atoms with Crippen LogP contribution in [0.1, 0.15) is 40.5 Å². The topological polar surface area (TPSA) is 3.24 Å². The SMILES string of the molecule is CCC(C)N([SiH2]CC[SiH3])C(C)CC. The van der Waals surface area contributed by atoms with E-state index in [9.17, 15) is 0 Å². The van der Waals surface area contributed by atoms with E-state index in [1.807, 2.05) is 0 Å². The van der Waals surface area contributed by atoms with E-state index in [2.05, 4.69) is 32.3 Å². The summed E-state index contributed by atoms with van der Waals surface area (Å²) >= 11 is 0. The molecule has 2 atom stereocenters. The van der Waals surface area contributed by atoms with Crippen LogP contribution in [0.2, 0.25) is 12.1 Å². The van der Waals surface area contributed by atoms with Gasteiger partial charge in [0.15, 0.2) is 0 Å². The van der Waals surface area contributed by atoms with Crippen molar-refractivity contribution >= 4 is 19.9 Å². The molecule has 0 aromatic carbocycles. The van der Waals surface area contributed by atoms with Crippen LogP contribution in [0.4, 0.5) is 0 Å². The Balaban J connectivity index is 4.01. The average Bonchev–Trinajstić information content (AvgIpc) is 2.17. The van der Waals surface area contributed by atoms with Crippen LogP contribution in [0.25, 0.3) is 0 Å². The van der Waals surface area contributed by atoms with E-state index >= 15 is 0 Å². The van der Waals surface area contributed by atoms with Crippen molar-refractivity contribution in [3.8, 4) is 0 Å². The quantitative estimate of drug-likeness (QED) is 0.579. The molecule has 0 rings (SSSR count). The molecule has 0 amide bonds. The summed E-state index contributed by atoms with van der Waals surface area (Å²) in [6.07, 6.45) is 2.64. The van der Waals surface area contributed by atoms with Crippen molar-refractivity contribution in [1.29, 1.82) is 0 Å². The largest absolute Gasteiger partial charge is 0.324 e. The van der Waals surface area contributed by atoms with Crippen LogP contribution in [0.3, 0.4) is 0 Å². The maximum Gasteiger partial charge on any atom is 0.0953 e. The maximum absolute atomic E-state index is 2.82. The molecule has 0 heterocycles. The molecule has 13 heavy (non-hydrogen) atoms. The van der Waals surface area contributed by atoms with Gasteiger partial charge >= 0.3 is 0 Å². The predicted octanol–water partition coefficient (Wildman–Crippen LogP) is 1.17. The van der Waals surface area contributed by atoms with Crippen molar-refractivity contribution in [2.24, 2.45) is 0 Å². The monoisotopic (exact) mass is 217 g/mol. The van der Waals surface area contributed by atoms with Crippen LogP contribution < -0.4 is 0 Å². The fourth-order valence-electron chi connectivity index (χ4n) is 1.68. The predicted molar refractivity (Wildman–Crippen MR) is 69.4 cm³/mol. The van der Waals surface area contributed by atoms with Gasteiger partial charge in [-0.15, -0.1) is 0 Å². The first kappa shape index (κ1) is 13.4. The van der Waals surface area contributed by atoms with E-state index in [0.29, 0.717) is 0 Å². The molecule has 0 N–H and O–H groups in total. The van der Waals surface area contributed by atoms with E-state index in [0.717, 1.165) is 12.1 Å². The average molecular weight is 218 g/mol. The van der Waals surface area contributed by atoms with Crippen molar-refractivity contribution < 1.29 is 0 Å². The zero-order valence-corrected chi connectivity index (χ0v) is 13.6. The second kappa shape index (κ2) is 7.77. The molecule has 0 saturated heterocycles. The van der Waals surface area contributed by atoms with Gasteiger partial charge in [-0.05, 0) is 24.9 Å². The third-order valence-electron chi connectivity index (χ3n) is 3.08. The zero-order valence-electron chi connectivity index (χ0n) is 10.1. The summed E-state index contributed by atoms with van der Waals surface area (Å²) in [5, 5.41) is 0. The van der Waals surface area contributed by atoms with Gasteiger partial charge in [-0.25, -0.2) is 0 Å². The molecule has 0 aliphatic carbocycles. The molecule has 0 fully saturated rings. The Kier molecular flexibility index (Phi) is 8.00. The molecule has 80 valence electrons. The lowest BCUT2D eigenvalue weighted by Gasteiger charge is -2.33. The smallest absolute Gasteiger partial charge is 0.0953 e. The van der Waals surface area contributed by atoms with Gasteiger partial charge in [0.2, 0.25) is 0 Å². The molecule has 0 aliphatic heterocycles. The lowest BCUT2D eigenvalue weighted by molar-refractivity contribution is 0.268. The summed E-state index contributed by atoms with van der Waals surface area (Å²) in [5.74, 6) is 0. The van der Waals surface area contributed by atoms with Crippen LogP contribution >= 0.6 is 0 Å². The first-order valence-corrected chi connectivity index (χ1v) is 8.97. The van der Waals surface area contributed by atoms with Crippen molar-refractivity contribution in [1.82, 2.24) is 4.57 Å². The second-order valence-corrected chi connectivity index (χ2v) is 6.99. The molecule has 0 bridgehead atoms. The molecule has 3 heteroatoms. The Bertz CT molecular complexity index is 109. The molecule has 0 aromatic heterocycles. The number of rotatable bonds is 7. The maximum atomic E-state index is 2.82. The molecule has 0 aliphatic rings. The van der Waals surface area contributed by atoms with Gasteiger partial charge < -0.3 is 4.57 Å². The van der Waals surface area contributed by atoms with Crippen molar-refractivity contribution in [3.63, 3.8) is 0 Å². The second-order valence-electron chi connectivity index (χ2n) is 4.11. The highest BCUT2D eigenvalue weighted by atomic mass is 28.2. The van der Waals surface area contributed by atoms with Gasteiger partial charge in [-0.3, -0.25) is 0 Å². The van der Waals surface area contributed by atoms with E-state index < -0.39 is 0 Å². The highest BCUT2D eigenvalue weighted by Gasteiger charge is 2.16. The minimum Gasteiger partial charge on any atom is -0.324 e. The van der Waals surface area contributed by atoms with E-state index in [1.54, 1.807) is 6.04 Å². The third kappa shape index (κ3) is 4.98. The van der Waals surface area contributed by atoms with Gasteiger partial charge in [0, 0.05) is 10.2 Å². The van der Waals surface area contributed by atoms with Crippen molar-refractivity contribution in [3.05, 3.63) is 0 Å². The Hall–Kier alpha value is 0.394. The molecule has 0 spiro atoms. The molecule has 0 radical (unpaired) electrons. The van der Waals surface area contributed by atoms with Crippen LogP contribution in [0, 0.1) is 0 Å². The number of hydrogen-bond acceptors (Lipinski definition) is 1. The Morgan fingerprint density at radius 1 is 1.15 bits per heavy atom. The van der Waals surface area contributed by atoms with Gasteiger partial charge in [0.1, 0.15) is 0 Å². The minimum absolute atomic E-state index is 0.0764. The summed E-state index contributed by atoms with van der Waals surface area (Å²) in [6.45, 7) is 9.42. The molecule has 1 nitrogen and oxygen atoms in total. The number of nitrogens with zero attached hydrogens (tertiary/aromatic N) is 1. The summed E-state index contributed by atoms with van der Waals surface area (Å²) in [6, 6.07) is 4.71. The lowest BCUT2D eigenvalue weighted by atomic mass is 10.2. The highest BCUT2D eigenvalue weighted by molar-refractivity contribution is 6.34. The fraction of sp³-hybridized carbons (Fsp3) is 1.00. The van der Waals surface area contributed by atoms with Crippen LogP contribution in [-0.2, 0) is 0 Å². The summed E-state index contributed by atoms with van der Waals surface area (Å²) in [5.41, 5.74) is 0. The Morgan fingerprint density at radius 3 is 1.92 bits per heavy atom. The third-order valence-corrected chi connectivity index (χ3v) is 7.99. The Morgan fingerprint density at radius 2 is 1.62 bits per heavy atom. The first-order valence-electron chi connectivity index (χ1n) is 5.93. The van der Waals surface area contributed by atoms with E-state index in [4.69, 9.17) is 0 Å². The van der Waals surface area contributed by atoms with Crippen molar-refractivity contribution in [2.45, 2.75) is 64.7 Å². The first-order chi connectivity index (χ1) is 6.17. The summed E-state index contributed by atoms with van der Waals surface area (Å²) in [7, 11) is 1.47. The zero-order chi connectivity index (χ0) is 10.3. The number of hydrogen-bond donors (Lipinski definition) is 0. The minimum atomic E-state index is 0.0764. The van der Waals surface area contributed by atoms with Gasteiger partial charge in [0.05, 0.1) is 9.68 Å². The molecular formula is C10H27NSi2. The van der Waals surface area contributed by atoms with Gasteiger partial charge in [-0.2, -0.15) is 0 Å². The molecule has 0 saturated carbocycles. The van der Waals surface area contributed by atoms with Crippen LogP contribution in [-0.4, -0.2) is 36.6 Å². The van der Waals surface area contributed by atoms with Gasteiger partial charge in [-0.1, -0.05) is 39.8 Å². The van der Waals surface area contributed by atoms with Crippen molar-refractivity contribution in [2.75, 3.05) is 0 Å². The van der Waals surface area contributed by atoms with E-state index in [-0.39, 0.29) is 9.68 Å². The summed E-state index contributed by atoms with van der Waals surface area (Å²) < 4.78 is 2.82. The van der Waals surface area contributed by atoms with E-state index in [1.165, 1.54) is 29.1 Å². The Labute approximate surface area is 89.6 Å². The normalized spacial score (nSPS) is 17.3. The molecule has 0 aromatic rings. The lowest BCUT2D eigenvalue weighted by Crippen LogP contribution is -2.42. The molecular weight excluding hydrogens is 190 g/mol. The van der Waals surface area contributed by atoms with Crippen LogP contribution in [0.15, 0.2) is 0 Å².